The molecule has 0 radical (unpaired) electrons. The Hall–Kier alpha value is -4.07. The highest BCUT2D eigenvalue weighted by molar-refractivity contribution is 5.94. The molecule has 2 aromatic heterocycles. The minimum atomic E-state index is -3.04. The quantitative estimate of drug-likeness (QED) is 0.559. The smallest absolute Gasteiger partial charge is 0.267 e. The molecular formula is C24H24F2N8O. The predicted molar refractivity (Wildman–Crippen MR) is 125 cm³/mol. The first-order valence-electron chi connectivity index (χ1n) is 11.4. The number of alkyl halides is 2. The molecule has 0 bridgehead atoms. The molecule has 11 heteroatoms. The summed E-state index contributed by atoms with van der Waals surface area (Å²) in [6, 6.07) is 8.50. The molecule has 3 heterocycles. The van der Waals surface area contributed by atoms with Crippen molar-refractivity contribution in [2.24, 2.45) is 7.05 Å². The number of halogens is 2. The van der Waals surface area contributed by atoms with E-state index in [2.05, 4.69) is 25.7 Å². The summed E-state index contributed by atoms with van der Waals surface area (Å²) in [6.45, 7) is -0.434. The first-order chi connectivity index (χ1) is 16.8. The average Bonchev–Trinajstić information content (AvgIpc) is 3.60. The lowest BCUT2D eigenvalue weighted by molar-refractivity contribution is -0.0208. The topological polar surface area (TPSA) is 112 Å². The summed E-state index contributed by atoms with van der Waals surface area (Å²) < 4.78 is 30.9. The lowest BCUT2D eigenvalue weighted by Gasteiger charge is -2.38. The number of hydrogen-bond acceptors (Lipinski definition) is 7. The number of hydrogen-bond donors (Lipinski definition) is 2. The molecule has 3 aromatic rings. The number of carbonyl (C=O) groups excluding carboxylic acids is 1. The van der Waals surface area contributed by atoms with Gasteiger partial charge in [0.1, 0.15) is 11.9 Å². The fourth-order valence-electron chi connectivity index (χ4n) is 4.29. The van der Waals surface area contributed by atoms with Crippen LogP contribution in [-0.2, 0) is 7.05 Å². The van der Waals surface area contributed by atoms with Gasteiger partial charge in [-0.3, -0.25) is 9.48 Å². The fraction of sp³-hybridized carbons (Fsp3) is 0.375. The van der Waals surface area contributed by atoms with Gasteiger partial charge >= 0.3 is 0 Å². The normalized spacial score (nSPS) is 19.1. The van der Waals surface area contributed by atoms with E-state index in [1.54, 1.807) is 36.3 Å². The molecule has 1 saturated carbocycles. The summed E-state index contributed by atoms with van der Waals surface area (Å²) in [5, 5.41) is 19.2. The van der Waals surface area contributed by atoms with Crippen LogP contribution < -0.4 is 15.5 Å². The number of benzene rings is 1. The Morgan fingerprint density at radius 1 is 1.23 bits per heavy atom. The molecule has 180 valence electrons. The first kappa shape index (κ1) is 22.7. The van der Waals surface area contributed by atoms with E-state index in [9.17, 15) is 18.8 Å². The van der Waals surface area contributed by atoms with Crippen molar-refractivity contribution >= 4 is 23.2 Å². The third-order valence-electron chi connectivity index (χ3n) is 6.12. The van der Waals surface area contributed by atoms with Crippen molar-refractivity contribution in [3.8, 4) is 6.07 Å². The predicted octanol–water partition coefficient (Wildman–Crippen LogP) is 3.35. The molecule has 2 aliphatic rings. The molecule has 9 nitrogen and oxygen atoms in total. The molecule has 2 fully saturated rings. The number of nitriles is 1. The molecule has 1 aromatic carbocycles. The monoisotopic (exact) mass is 478 g/mol. The van der Waals surface area contributed by atoms with Crippen molar-refractivity contribution in [2.45, 2.75) is 37.1 Å². The van der Waals surface area contributed by atoms with Crippen molar-refractivity contribution in [3.63, 3.8) is 0 Å². The molecule has 1 aliphatic carbocycles. The van der Waals surface area contributed by atoms with E-state index in [4.69, 9.17) is 0 Å². The van der Waals surface area contributed by atoms with Crippen LogP contribution in [0, 0.1) is 11.3 Å². The number of anilines is 3. The third-order valence-corrected chi connectivity index (χ3v) is 6.12. The van der Waals surface area contributed by atoms with Gasteiger partial charge in [-0.1, -0.05) is 12.1 Å². The zero-order valence-electron chi connectivity index (χ0n) is 19.1. The number of aryl methyl sites for hydroxylation is 1. The number of piperidine rings is 1. The second kappa shape index (κ2) is 8.94. The van der Waals surface area contributed by atoms with Crippen LogP contribution in [0.15, 0.2) is 42.9 Å². The largest absolute Gasteiger partial charge is 0.347 e. The highest BCUT2D eigenvalue weighted by atomic mass is 19.3. The van der Waals surface area contributed by atoms with Gasteiger partial charge in [-0.05, 0) is 36.5 Å². The number of rotatable bonds is 6. The molecule has 5 rings (SSSR count). The van der Waals surface area contributed by atoms with Crippen LogP contribution in [-0.4, -0.2) is 50.7 Å². The molecular weight excluding hydrogens is 454 g/mol. The van der Waals surface area contributed by atoms with Gasteiger partial charge in [-0.15, -0.1) is 0 Å². The second-order valence-electron chi connectivity index (χ2n) is 9.07. The summed E-state index contributed by atoms with van der Waals surface area (Å²) in [7, 11) is 1.74. The van der Waals surface area contributed by atoms with E-state index >= 15 is 0 Å². The molecule has 1 atom stereocenters. The Kier molecular flexibility index (Phi) is 5.80. The standard InChI is InChI=1S/C24H24F2N8O/c1-33-12-19(10-29-33)30-22-20(9-27)28-11-21(32-22)34-13-18(8-24(25,26)14-34)31-23(35)17-6-4-16(5-7-17)15-2-3-15/h4-7,10-12,15,18H,2-3,8,13-14H2,1H3,(H,30,32)(H,31,35). The molecule has 0 spiro atoms. The minimum absolute atomic E-state index is 0.0286. The Morgan fingerprint density at radius 3 is 2.66 bits per heavy atom. The van der Waals surface area contributed by atoms with Gasteiger partial charge < -0.3 is 15.5 Å². The fourth-order valence-corrected chi connectivity index (χ4v) is 4.29. The summed E-state index contributed by atoms with van der Waals surface area (Å²) in [5.41, 5.74) is 2.25. The van der Waals surface area contributed by atoms with E-state index in [0.717, 1.165) is 12.8 Å². The Balaban J connectivity index is 1.32. The van der Waals surface area contributed by atoms with Crippen LogP contribution in [0.4, 0.5) is 26.1 Å². The highest BCUT2D eigenvalue weighted by Crippen LogP contribution is 2.40. The van der Waals surface area contributed by atoms with Crippen LogP contribution in [0.5, 0.6) is 0 Å². The lowest BCUT2D eigenvalue weighted by Crippen LogP contribution is -2.55. The number of amides is 1. The van der Waals surface area contributed by atoms with Crippen molar-refractivity contribution < 1.29 is 13.6 Å². The van der Waals surface area contributed by atoms with Crippen molar-refractivity contribution in [1.82, 2.24) is 25.1 Å². The molecule has 1 amide bonds. The van der Waals surface area contributed by atoms with E-state index < -0.39 is 24.9 Å². The van der Waals surface area contributed by atoms with Crippen molar-refractivity contribution in [3.05, 3.63) is 59.7 Å². The number of aromatic nitrogens is 4. The minimum Gasteiger partial charge on any atom is -0.347 e. The van der Waals surface area contributed by atoms with E-state index in [1.807, 2.05) is 18.2 Å². The Morgan fingerprint density at radius 2 is 2.00 bits per heavy atom. The summed E-state index contributed by atoms with van der Waals surface area (Å²) in [6.07, 6.45) is 6.39. The molecule has 2 N–H and O–H groups in total. The van der Waals surface area contributed by atoms with Crippen molar-refractivity contribution in [2.75, 3.05) is 23.3 Å². The lowest BCUT2D eigenvalue weighted by atomic mass is 10.0. The van der Waals surface area contributed by atoms with E-state index in [1.165, 1.54) is 16.7 Å². The first-order valence-corrected chi connectivity index (χ1v) is 11.4. The maximum atomic E-state index is 14.7. The van der Waals surface area contributed by atoms with Crippen LogP contribution in [0.2, 0.25) is 0 Å². The van der Waals surface area contributed by atoms with Gasteiger partial charge in [0.15, 0.2) is 11.5 Å². The van der Waals surface area contributed by atoms with Crippen LogP contribution in [0.3, 0.4) is 0 Å². The zero-order chi connectivity index (χ0) is 24.6. The zero-order valence-corrected chi connectivity index (χ0v) is 19.1. The van der Waals surface area contributed by atoms with E-state index in [0.29, 0.717) is 17.2 Å². The van der Waals surface area contributed by atoms with Gasteiger partial charge in [0.25, 0.3) is 11.8 Å². The van der Waals surface area contributed by atoms with Crippen molar-refractivity contribution in [1.29, 1.82) is 5.26 Å². The Bertz CT molecular complexity index is 1280. The number of nitrogens with one attached hydrogen (secondary N) is 2. The van der Waals surface area contributed by atoms with Crippen LogP contribution >= 0.6 is 0 Å². The molecule has 1 saturated heterocycles. The maximum Gasteiger partial charge on any atom is 0.267 e. The average molecular weight is 479 g/mol. The van der Waals surface area contributed by atoms with Gasteiger partial charge in [-0.2, -0.15) is 10.4 Å². The highest BCUT2D eigenvalue weighted by Gasteiger charge is 2.41. The summed E-state index contributed by atoms with van der Waals surface area (Å²) >= 11 is 0. The summed E-state index contributed by atoms with van der Waals surface area (Å²) in [5.74, 6) is -2.53. The van der Waals surface area contributed by atoms with Gasteiger partial charge in [0.2, 0.25) is 0 Å². The Labute approximate surface area is 200 Å². The molecule has 35 heavy (non-hydrogen) atoms. The third kappa shape index (κ3) is 5.21. The van der Waals surface area contributed by atoms with Gasteiger partial charge in [0, 0.05) is 31.8 Å². The summed E-state index contributed by atoms with van der Waals surface area (Å²) in [4.78, 5) is 22.6. The van der Waals surface area contributed by atoms with Gasteiger partial charge in [0.05, 0.1) is 30.7 Å². The van der Waals surface area contributed by atoms with Crippen LogP contribution in [0.25, 0.3) is 0 Å². The second-order valence-corrected chi connectivity index (χ2v) is 9.07. The molecule has 1 aliphatic heterocycles. The van der Waals surface area contributed by atoms with Crippen LogP contribution in [0.1, 0.15) is 46.8 Å². The number of carbonyl (C=O) groups is 1. The van der Waals surface area contributed by atoms with Gasteiger partial charge in [-0.25, -0.2) is 18.7 Å². The van der Waals surface area contributed by atoms with E-state index in [-0.39, 0.29) is 29.8 Å². The number of nitrogens with zero attached hydrogens (tertiary/aromatic N) is 6. The molecule has 1 unspecified atom stereocenters. The SMILES string of the molecule is Cn1cc(Nc2nc(N3CC(NC(=O)c4ccc(C5CC5)cc4)CC(F)(F)C3)cnc2C#N)cn1. The maximum absolute atomic E-state index is 14.7.